The summed E-state index contributed by atoms with van der Waals surface area (Å²) in [4.78, 5) is 0. The molecule has 1 heteroatoms. The van der Waals surface area contributed by atoms with Crippen molar-refractivity contribution in [3.05, 3.63) is 0 Å². The zero-order valence-corrected chi connectivity index (χ0v) is 8.72. The minimum atomic E-state index is 0.494. The van der Waals surface area contributed by atoms with E-state index < -0.39 is 0 Å². The Morgan fingerprint density at radius 2 is 1.80 bits per heavy atom. The average Bonchev–Trinajstić information content (AvgIpc) is 1.81. The highest BCUT2D eigenvalue weighted by Crippen LogP contribution is 2.24. The van der Waals surface area contributed by atoms with Crippen molar-refractivity contribution in [2.24, 2.45) is 5.41 Å². The zero-order valence-electron chi connectivity index (χ0n) is 7.90. The first-order valence-corrected chi connectivity index (χ1v) is 5.12. The van der Waals surface area contributed by atoms with Gasteiger partial charge in [-0.05, 0) is 17.6 Å². The molecule has 0 aromatic heterocycles. The Morgan fingerprint density at radius 1 is 1.30 bits per heavy atom. The molecule has 0 aliphatic carbocycles. The minimum Gasteiger partial charge on any atom is -0.158 e. The van der Waals surface area contributed by atoms with Crippen LogP contribution < -0.4 is 0 Å². The van der Waals surface area contributed by atoms with Crippen molar-refractivity contribution < 1.29 is 0 Å². The molecule has 0 aliphatic rings. The van der Waals surface area contributed by atoms with Gasteiger partial charge in [0.25, 0.3) is 0 Å². The topological polar surface area (TPSA) is 0 Å². The Kier molecular flexibility index (Phi) is 4.42. The molecule has 0 aliphatic heterocycles. The van der Waals surface area contributed by atoms with Crippen molar-refractivity contribution in [1.29, 1.82) is 0 Å². The minimum absolute atomic E-state index is 0.494. The summed E-state index contributed by atoms with van der Waals surface area (Å²) >= 11 is 2.08. The molecule has 0 amide bonds. The van der Waals surface area contributed by atoms with Crippen LogP contribution in [0.3, 0.4) is 0 Å². The van der Waals surface area contributed by atoms with E-state index in [1.165, 1.54) is 12.2 Å². The van der Waals surface area contributed by atoms with E-state index >= 15 is 0 Å². The summed E-state index contributed by atoms with van der Waals surface area (Å²) in [5.41, 5.74) is 0.494. The second kappa shape index (κ2) is 4.27. The van der Waals surface area contributed by atoms with Crippen molar-refractivity contribution in [3.63, 3.8) is 0 Å². The van der Waals surface area contributed by atoms with Gasteiger partial charge in [-0.25, -0.2) is 0 Å². The number of rotatable bonds is 3. The molecule has 0 aromatic rings. The summed E-state index contributed by atoms with van der Waals surface area (Å²) in [5.74, 6) is 1.28. The van der Waals surface area contributed by atoms with Crippen LogP contribution >= 0.6 is 11.8 Å². The van der Waals surface area contributed by atoms with Crippen LogP contribution in [0, 0.1) is 5.41 Å². The highest BCUT2D eigenvalue weighted by Gasteiger charge is 2.11. The molecule has 0 spiro atoms. The Bertz CT molecular complexity index is 81.2. The van der Waals surface area contributed by atoms with E-state index in [1.54, 1.807) is 0 Å². The second-order valence-corrected chi connectivity index (χ2v) is 5.52. The lowest BCUT2D eigenvalue weighted by atomic mass is 10.0. The van der Waals surface area contributed by atoms with Crippen LogP contribution in [0.1, 0.15) is 41.0 Å². The molecule has 0 heterocycles. The first-order chi connectivity index (χ1) is 4.45. The lowest BCUT2D eigenvalue weighted by molar-refractivity contribution is 0.480. The smallest absolute Gasteiger partial charge is 0.00162 e. The standard InChI is InChI=1S/C9H20S/c1-6-8(2)10-7-9(3,4)5/h8H,6-7H2,1-5H3. The first-order valence-electron chi connectivity index (χ1n) is 4.07. The molecule has 0 nitrogen and oxygen atoms in total. The van der Waals surface area contributed by atoms with Gasteiger partial charge < -0.3 is 0 Å². The molecule has 0 N–H and O–H groups in total. The zero-order chi connectivity index (χ0) is 8.20. The van der Waals surface area contributed by atoms with Crippen LogP contribution in [0.25, 0.3) is 0 Å². The Labute approximate surface area is 69.8 Å². The first kappa shape index (κ1) is 10.3. The van der Waals surface area contributed by atoms with Crippen LogP contribution in [-0.4, -0.2) is 11.0 Å². The molecule has 0 saturated carbocycles. The number of thioether (sulfide) groups is 1. The summed E-state index contributed by atoms with van der Waals surface area (Å²) in [6.07, 6.45) is 1.29. The van der Waals surface area contributed by atoms with E-state index in [0.29, 0.717) is 5.41 Å². The van der Waals surface area contributed by atoms with Crippen LogP contribution in [0.5, 0.6) is 0 Å². The highest BCUT2D eigenvalue weighted by molar-refractivity contribution is 7.99. The summed E-state index contributed by atoms with van der Waals surface area (Å²) in [7, 11) is 0. The SMILES string of the molecule is CCC(C)SCC(C)(C)C. The van der Waals surface area contributed by atoms with Gasteiger partial charge in [-0.2, -0.15) is 11.8 Å². The lowest BCUT2D eigenvalue weighted by Gasteiger charge is -2.19. The van der Waals surface area contributed by atoms with Gasteiger partial charge in [-0.3, -0.25) is 0 Å². The highest BCUT2D eigenvalue weighted by atomic mass is 32.2. The third-order valence-electron chi connectivity index (χ3n) is 1.38. The maximum atomic E-state index is 2.30. The van der Waals surface area contributed by atoms with E-state index in [9.17, 15) is 0 Å². The lowest BCUT2D eigenvalue weighted by Crippen LogP contribution is -2.10. The molecule has 10 heavy (non-hydrogen) atoms. The Hall–Kier alpha value is 0.350. The van der Waals surface area contributed by atoms with Crippen LogP contribution in [0.2, 0.25) is 0 Å². The quantitative estimate of drug-likeness (QED) is 0.608. The summed E-state index contributed by atoms with van der Waals surface area (Å²) in [5, 5.41) is 0.833. The maximum Gasteiger partial charge on any atom is 0.00162 e. The van der Waals surface area contributed by atoms with E-state index in [-0.39, 0.29) is 0 Å². The number of hydrogen-bond donors (Lipinski definition) is 0. The predicted octanol–water partition coefficient (Wildman–Crippen LogP) is 3.56. The number of hydrogen-bond acceptors (Lipinski definition) is 1. The third-order valence-corrected chi connectivity index (χ3v) is 3.31. The fourth-order valence-corrected chi connectivity index (χ4v) is 1.53. The van der Waals surface area contributed by atoms with Crippen molar-refractivity contribution in [1.82, 2.24) is 0 Å². The van der Waals surface area contributed by atoms with Gasteiger partial charge in [-0.1, -0.05) is 34.6 Å². The van der Waals surface area contributed by atoms with Crippen molar-refractivity contribution in [2.75, 3.05) is 5.75 Å². The fraction of sp³-hybridized carbons (Fsp3) is 1.00. The van der Waals surface area contributed by atoms with Gasteiger partial charge in [0.2, 0.25) is 0 Å². The molecule has 0 fully saturated rings. The molecule has 0 bridgehead atoms. The van der Waals surface area contributed by atoms with Gasteiger partial charge in [-0.15, -0.1) is 0 Å². The average molecular weight is 160 g/mol. The molecule has 0 aromatic carbocycles. The Balaban J connectivity index is 3.36. The van der Waals surface area contributed by atoms with E-state index in [1.807, 2.05) is 0 Å². The largest absolute Gasteiger partial charge is 0.158 e. The molecule has 62 valence electrons. The van der Waals surface area contributed by atoms with Crippen molar-refractivity contribution in [3.8, 4) is 0 Å². The van der Waals surface area contributed by atoms with Gasteiger partial charge in [0.1, 0.15) is 0 Å². The molecule has 0 saturated heterocycles. The van der Waals surface area contributed by atoms with E-state index in [0.717, 1.165) is 5.25 Å². The second-order valence-electron chi connectivity index (χ2n) is 4.09. The summed E-state index contributed by atoms with van der Waals surface area (Å²) in [6, 6.07) is 0. The fourth-order valence-electron chi connectivity index (χ4n) is 0.510. The van der Waals surface area contributed by atoms with Crippen LogP contribution in [-0.2, 0) is 0 Å². The van der Waals surface area contributed by atoms with Crippen LogP contribution in [0.4, 0.5) is 0 Å². The maximum absolute atomic E-state index is 2.30. The van der Waals surface area contributed by atoms with E-state index in [2.05, 4.69) is 46.4 Å². The predicted molar refractivity (Wildman–Crippen MR) is 51.7 cm³/mol. The van der Waals surface area contributed by atoms with E-state index in [4.69, 9.17) is 0 Å². The Morgan fingerprint density at radius 3 is 2.10 bits per heavy atom. The van der Waals surface area contributed by atoms with Gasteiger partial charge in [0.15, 0.2) is 0 Å². The van der Waals surface area contributed by atoms with Crippen molar-refractivity contribution in [2.45, 2.75) is 46.3 Å². The third kappa shape index (κ3) is 6.47. The molecule has 0 rings (SSSR count). The normalized spacial score (nSPS) is 15.3. The molecule has 0 radical (unpaired) electrons. The van der Waals surface area contributed by atoms with Gasteiger partial charge in [0, 0.05) is 5.25 Å². The summed E-state index contributed by atoms with van der Waals surface area (Å²) < 4.78 is 0. The molecule has 1 unspecified atom stereocenters. The van der Waals surface area contributed by atoms with Crippen molar-refractivity contribution >= 4 is 11.8 Å². The monoisotopic (exact) mass is 160 g/mol. The summed E-state index contributed by atoms with van der Waals surface area (Å²) in [6.45, 7) is 11.4. The molecular weight excluding hydrogens is 140 g/mol. The van der Waals surface area contributed by atoms with Gasteiger partial charge in [0.05, 0.1) is 0 Å². The molecular formula is C9H20S. The molecule has 1 atom stereocenters. The van der Waals surface area contributed by atoms with Crippen LogP contribution in [0.15, 0.2) is 0 Å². The van der Waals surface area contributed by atoms with Gasteiger partial charge >= 0.3 is 0 Å².